The SMILES string of the molecule is CC(C)(C)C1CCC([NH2+][C@H]2CCCc3c2[nH]c2ccc([N+](=O)[O-])cc32)CC1. The van der Waals surface area contributed by atoms with Gasteiger partial charge in [0.25, 0.3) is 5.69 Å². The highest BCUT2D eigenvalue weighted by atomic mass is 16.6. The Bertz CT molecular complexity index is 841. The summed E-state index contributed by atoms with van der Waals surface area (Å²) < 4.78 is 0. The second-order valence-electron chi connectivity index (χ2n) is 9.67. The molecular weight excluding hydrogens is 338 g/mol. The van der Waals surface area contributed by atoms with Gasteiger partial charge in [0.1, 0.15) is 6.04 Å². The van der Waals surface area contributed by atoms with E-state index in [4.69, 9.17) is 0 Å². The zero-order chi connectivity index (χ0) is 19.2. The summed E-state index contributed by atoms with van der Waals surface area (Å²) >= 11 is 0. The van der Waals surface area contributed by atoms with Crippen LogP contribution in [0.25, 0.3) is 10.9 Å². The zero-order valence-corrected chi connectivity index (χ0v) is 16.8. The molecule has 146 valence electrons. The van der Waals surface area contributed by atoms with Crippen LogP contribution < -0.4 is 5.32 Å². The fourth-order valence-electron chi connectivity index (χ4n) is 5.30. The lowest BCUT2D eigenvalue weighted by Gasteiger charge is -2.37. The number of hydrogen-bond acceptors (Lipinski definition) is 2. The van der Waals surface area contributed by atoms with Crippen molar-refractivity contribution < 1.29 is 10.2 Å². The molecule has 2 aliphatic carbocycles. The van der Waals surface area contributed by atoms with Gasteiger partial charge in [-0.2, -0.15) is 0 Å². The first-order valence-corrected chi connectivity index (χ1v) is 10.5. The van der Waals surface area contributed by atoms with Crippen molar-refractivity contribution in [3.63, 3.8) is 0 Å². The Morgan fingerprint density at radius 2 is 1.89 bits per heavy atom. The van der Waals surface area contributed by atoms with E-state index in [9.17, 15) is 10.1 Å². The molecule has 0 bridgehead atoms. The molecule has 27 heavy (non-hydrogen) atoms. The molecule has 0 radical (unpaired) electrons. The number of aromatic amines is 1. The van der Waals surface area contributed by atoms with Crippen molar-refractivity contribution in [2.24, 2.45) is 11.3 Å². The van der Waals surface area contributed by atoms with Gasteiger partial charge in [-0.25, -0.2) is 0 Å². The van der Waals surface area contributed by atoms with Gasteiger partial charge in [-0.1, -0.05) is 20.8 Å². The van der Waals surface area contributed by atoms with Crippen molar-refractivity contribution in [3.05, 3.63) is 39.6 Å². The molecule has 0 aliphatic heterocycles. The minimum absolute atomic E-state index is 0.191. The monoisotopic (exact) mass is 370 g/mol. The van der Waals surface area contributed by atoms with Gasteiger partial charge in [0.15, 0.2) is 0 Å². The summed E-state index contributed by atoms with van der Waals surface area (Å²) in [6.07, 6.45) is 8.67. The maximum Gasteiger partial charge on any atom is 0.270 e. The number of nitro benzene ring substituents is 1. The number of rotatable bonds is 3. The molecule has 0 unspecified atom stereocenters. The van der Waals surface area contributed by atoms with Crippen LogP contribution in [0.1, 0.15) is 76.6 Å². The fourth-order valence-corrected chi connectivity index (χ4v) is 5.30. The van der Waals surface area contributed by atoms with Crippen LogP contribution in [0.5, 0.6) is 0 Å². The number of nitro groups is 1. The minimum atomic E-state index is -0.293. The molecule has 2 aromatic rings. The van der Waals surface area contributed by atoms with Crippen LogP contribution in [0.3, 0.4) is 0 Å². The molecule has 5 nitrogen and oxygen atoms in total. The molecule has 3 N–H and O–H groups in total. The number of aromatic nitrogens is 1. The lowest BCUT2D eigenvalue weighted by Crippen LogP contribution is -2.91. The van der Waals surface area contributed by atoms with Crippen molar-refractivity contribution >= 4 is 16.6 Å². The van der Waals surface area contributed by atoms with Crippen LogP contribution in [0.15, 0.2) is 18.2 Å². The van der Waals surface area contributed by atoms with Gasteiger partial charge in [-0.15, -0.1) is 0 Å². The number of benzene rings is 1. The number of nitrogens with two attached hydrogens (primary N) is 1. The fraction of sp³-hybridized carbons (Fsp3) is 0.636. The van der Waals surface area contributed by atoms with Crippen LogP contribution in [-0.4, -0.2) is 15.9 Å². The Kier molecular flexibility index (Phi) is 4.75. The summed E-state index contributed by atoms with van der Waals surface area (Å²) in [7, 11) is 0. The molecule has 0 amide bonds. The number of H-pyrrole nitrogens is 1. The summed E-state index contributed by atoms with van der Waals surface area (Å²) in [4.78, 5) is 14.5. The predicted octanol–water partition coefficient (Wildman–Crippen LogP) is 4.62. The van der Waals surface area contributed by atoms with Crippen molar-refractivity contribution in [2.45, 2.75) is 77.8 Å². The van der Waals surface area contributed by atoms with E-state index >= 15 is 0 Å². The quantitative estimate of drug-likeness (QED) is 0.611. The molecule has 1 atom stereocenters. The molecule has 5 heteroatoms. The third-order valence-electron chi connectivity index (χ3n) is 6.95. The van der Waals surface area contributed by atoms with Gasteiger partial charge < -0.3 is 10.3 Å². The zero-order valence-electron chi connectivity index (χ0n) is 16.8. The summed E-state index contributed by atoms with van der Waals surface area (Å²) in [5, 5.41) is 14.8. The van der Waals surface area contributed by atoms with Crippen LogP contribution in [0.4, 0.5) is 5.69 Å². The molecular formula is C22H32N3O2+. The van der Waals surface area contributed by atoms with Crippen LogP contribution >= 0.6 is 0 Å². The largest absolute Gasteiger partial charge is 0.353 e. The van der Waals surface area contributed by atoms with E-state index in [2.05, 4.69) is 31.1 Å². The molecule has 1 aromatic heterocycles. The Balaban J connectivity index is 1.52. The highest BCUT2D eigenvalue weighted by molar-refractivity contribution is 5.87. The average Bonchev–Trinajstić information content (AvgIpc) is 3.00. The number of aryl methyl sites for hydroxylation is 1. The van der Waals surface area contributed by atoms with E-state index in [-0.39, 0.29) is 10.6 Å². The number of nitrogens with one attached hydrogen (secondary N) is 1. The normalized spacial score (nSPS) is 26.1. The Morgan fingerprint density at radius 3 is 2.56 bits per heavy atom. The average molecular weight is 371 g/mol. The second kappa shape index (κ2) is 6.93. The standard InChI is InChI=1S/C22H31N3O2/c1-22(2,3)14-7-9-15(10-8-14)23-20-6-4-5-17-18-13-16(25(26)27)11-12-19(18)24-21(17)20/h11-15,20,23-24H,4-10H2,1-3H3/p+1/t14?,15?,20-/m0/s1. The Labute approximate surface area is 161 Å². The summed E-state index contributed by atoms with van der Waals surface area (Å²) in [5.41, 5.74) is 4.28. The van der Waals surface area contributed by atoms with E-state index in [1.54, 1.807) is 12.1 Å². The maximum atomic E-state index is 11.1. The van der Waals surface area contributed by atoms with Crippen molar-refractivity contribution in [1.29, 1.82) is 0 Å². The van der Waals surface area contributed by atoms with Gasteiger partial charge in [0.2, 0.25) is 0 Å². The van der Waals surface area contributed by atoms with Crippen molar-refractivity contribution in [1.82, 2.24) is 4.98 Å². The topological polar surface area (TPSA) is 75.5 Å². The Hall–Kier alpha value is -1.88. The lowest BCUT2D eigenvalue weighted by atomic mass is 9.71. The van der Waals surface area contributed by atoms with Gasteiger partial charge in [-0.3, -0.25) is 10.1 Å². The highest BCUT2D eigenvalue weighted by Crippen LogP contribution is 2.38. The van der Waals surface area contributed by atoms with E-state index < -0.39 is 0 Å². The number of fused-ring (bicyclic) bond motifs is 3. The molecule has 0 saturated heterocycles. The van der Waals surface area contributed by atoms with Crippen LogP contribution in [0.2, 0.25) is 0 Å². The third-order valence-corrected chi connectivity index (χ3v) is 6.95. The van der Waals surface area contributed by atoms with Gasteiger partial charge in [0, 0.05) is 29.5 Å². The number of nitrogens with zero attached hydrogens (tertiary/aromatic N) is 1. The molecule has 4 rings (SSSR count). The first-order valence-electron chi connectivity index (χ1n) is 10.5. The van der Waals surface area contributed by atoms with E-state index in [1.165, 1.54) is 49.8 Å². The molecule has 1 heterocycles. The number of non-ortho nitro benzene ring substituents is 1. The van der Waals surface area contributed by atoms with Crippen LogP contribution in [-0.2, 0) is 6.42 Å². The Morgan fingerprint density at radius 1 is 1.15 bits per heavy atom. The molecule has 2 aliphatic rings. The van der Waals surface area contributed by atoms with E-state index in [0.717, 1.165) is 23.2 Å². The van der Waals surface area contributed by atoms with Gasteiger partial charge in [-0.05, 0) is 61.5 Å². The van der Waals surface area contributed by atoms with Gasteiger partial charge in [0.05, 0.1) is 16.7 Å². The summed E-state index contributed by atoms with van der Waals surface area (Å²) in [6, 6.07) is 6.41. The third kappa shape index (κ3) is 3.62. The predicted molar refractivity (Wildman–Crippen MR) is 108 cm³/mol. The molecule has 1 fully saturated rings. The molecule has 1 aromatic carbocycles. The van der Waals surface area contributed by atoms with E-state index in [0.29, 0.717) is 17.5 Å². The molecule has 0 spiro atoms. The van der Waals surface area contributed by atoms with Crippen molar-refractivity contribution in [3.8, 4) is 0 Å². The van der Waals surface area contributed by atoms with Crippen LogP contribution in [0, 0.1) is 21.4 Å². The summed E-state index contributed by atoms with van der Waals surface area (Å²) in [6.45, 7) is 7.12. The minimum Gasteiger partial charge on any atom is -0.353 e. The van der Waals surface area contributed by atoms with Crippen molar-refractivity contribution in [2.75, 3.05) is 0 Å². The first-order chi connectivity index (χ1) is 12.8. The lowest BCUT2D eigenvalue weighted by molar-refractivity contribution is -0.732. The summed E-state index contributed by atoms with van der Waals surface area (Å²) in [5.74, 6) is 0.845. The highest BCUT2D eigenvalue weighted by Gasteiger charge is 2.34. The number of hydrogen-bond donors (Lipinski definition) is 2. The first kappa shape index (κ1) is 18.5. The smallest absolute Gasteiger partial charge is 0.270 e. The van der Waals surface area contributed by atoms with Gasteiger partial charge >= 0.3 is 0 Å². The molecule has 1 saturated carbocycles. The second-order valence-corrected chi connectivity index (χ2v) is 9.67. The maximum absolute atomic E-state index is 11.1. The van der Waals surface area contributed by atoms with E-state index in [1.807, 2.05) is 6.07 Å². The number of quaternary nitrogens is 1.